The van der Waals surface area contributed by atoms with Gasteiger partial charge in [0.2, 0.25) is 5.91 Å². The van der Waals surface area contributed by atoms with E-state index in [0.29, 0.717) is 6.42 Å². The van der Waals surface area contributed by atoms with Gasteiger partial charge in [-0.25, -0.2) is 0 Å². The molecule has 0 spiro atoms. The van der Waals surface area contributed by atoms with E-state index in [1.54, 1.807) is 0 Å². The highest BCUT2D eigenvalue weighted by molar-refractivity contribution is 5.94. The van der Waals surface area contributed by atoms with Gasteiger partial charge in [-0.05, 0) is 25.0 Å². The number of alkyl halides is 3. The van der Waals surface area contributed by atoms with Crippen molar-refractivity contribution in [2.45, 2.75) is 31.7 Å². The molecule has 20 heavy (non-hydrogen) atoms. The van der Waals surface area contributed by atoms with Crippen LogP contribution in [0.1, 0.15) is 19.3 Å². The fourth-order valence-corrected chi connectivity index (χ4v) is 2.32. The number of carbonyl (C=O) groups is 1. The van der Waals surface area contributed by atoms with Gasteiger partial charge in [-0.15, -0.1) is 13.2 Å². The average Bonchev–Trinajstić information content (AvgIpc) is 2.76. The van der Waals surface area contributed by atoms with Crippen LogP contribution in [0.4, 0.5) is 18.9 Å². The number of benzene rings is 1. The first kappa shape index (κ1) is 14.6. The van der Waals surface area contributed by atoms with Crippen molar-refractivity contribution in [3.8, 4) is 5.75 Å². The summed E-state index contributed by atoms with van der Waals surface area (Å²) in [6, 6.07) is 5.19. The maximum absolute atomic E-state index is 12.3. The summed E-state index contributed by atoms with van der Waals surface area (Å²) >= 11 is 0. The van der Waals surface area contributed by atoms with Crippen LogP contribution < -0.4 is 15.8 Å². The number of nitrogens with one attached hydrogen (secondary N) is 1. The molecule has 2 rings (SSSR count). The molecule has 0 radical (unpaired) electrons. The van der Waals surface area contributed by atoms with Crippen LogP contribution >= 0.6 is 0 Å². The van der Waals surface area contributed by atoms with Crippen molar-refractivity contribution < 1.29 is 22.7 Å². The van der Waals surface area contributed by atoms with Gasteiger partial charge in [0.05, 0.1) is 11.6 Å². The van der Waals surface area contributed by atoms with E-state index in [1.165, 1.54) is 18.2 Å². The minimum Gasteiger partial charge on any atom is -0.404 e. The largest absolute Gasteiger partial charge is 0.573 e. The molecule has 110 valence electrons. The van der Waals surface area contributed by atoms with Crippen LogP contribution in [0.2, 0.25) is 0 Å². The van der Waals surface area contributed by atoms with Gasteiger partial charge < -0.3 is 15.8 Å². The van der Waals surface area contributed by atoms with E-state index >= 15 is 0 Å². The van der Waals surface area contributed by atoms with Gasteiger partial charge in [-0.1, -0.05) is 18.6 Å². The van der Waals surface area contributed by atoms with Gasteiger partial charge in [-0.3, -0.25) is 4.79 Å². The Morgan fingerprint density at radius 2 is 2.00 bits per heavy atom. The summed E-state index contributed by atoms with van der Waals surface area (Å²) in [6.45, 7) is 0. The number of nitrogens with two attached hydrogens (primary N) is 1. The second-order valence-electron chi connectivity index (χ2n) is 4.73. The van der Waals surface area contributed by atoms with Gasteiger partial charge in [0.1, 0.15) is 0 Å². The van der Waals surface area contributed by atoms with E-state index in [4.69, 9.17) is 5.73 Å². The minimum atomic E-state index is -4.80. The van der Waals surface area contributed by atoms with Crippen molar-refractivity contribution in [2.75, 3.05) is 5.32 Å². The number of hydrogen-bond donors (Lipinski definition) is 2. The molecule has 0 saturated heterocycles. The first-order chi connectivity index (χ1) is 9.37. The summed E-state index contributed by atoms with van der Waals surface area (Å²) < 4.78 is 40.7. The lowest BCUT2D eigenvalue weighted by molar-refractivity contribution is -0.274. The zero-order chi connectivity index (χ0) is 14.8. The van der Waals surface area contributed by atoms with E-state index in [1.807, 2.05) is 0 Å². The van der Waals surface area contributed by atoms with Crippen LogP contribution in [0.3, 0.4) is 0 Å². The third-order valence-electron chi connectivity index (χ3n) is 3.28. The highest BCUT2D eigenvalue weighted by atomic mass is 19.4. The van der Waals surface area contributed by atoms with Crippen LogP contribution in [0.25, 0.3) is 0 Å². The second kappa shape index (κ2) is 5.70. The van der Waals surface area contributed by atoms with Gasteiger partial charge in [0.25, 0.3) is 0 Å². The lowest BCUT2D eigenvalue weighted by atomic mass is 10.0. The van der Waals surface area contributed by atoms with Gasteiger partial charge >= 0.3 is 6.36 Å². The van der Waals surface area contributed by atoms with Crippen LogP contribution in [0.15, 0.2) is 24.3 Å². The zero-order valence-electron chi connectivity index (χ0n) is 10.6. The van der Waals surface area contributed by atoms with Crippen molar-refractivity contribution in [3.05, 3.63) is 24.3 Å². The van der Waals surface area contributed by atoms with E-state index in [-0.39, 0.29) is 23.6 Å². The molecule has 1 aliphatic rings. The van der Waals surface area contributed by atoms with Crippen molar-refractivity contribution in [1.82, 2.24) is 0 Å². The van der Waals surface area contributed by atoms with Crippen molar-refractivity contribution in [1.29, 1.82) is 0 Å². The second-order valence-corrected chi connectivity index (χ2v) is 4.73. The average molecular weight is 288 g/mol. The summed E-state index contributed by atoms with van der Waals surface area (Å²) in [5.74, 6) is -1.16. The lowest BCUT2D eigenvalue weighted by Gasteiger charge is -2.17. The molecule has 7 heteroatoms. The Hall–Kier alpha value is -1.76. The maximum atomic E-state index is 12.3. The normalized spacial score (nSPS) is 22.6. The highest BCUT2D eigenvalue weighted by Crippen LogP contribution is 2.31. The van der Waals surface area contributed by atoms with Crippen LogP contribution in [0, 0.1) is 5.92 Å². The Bertz CT molecular complexity index is 491. The van der Waals surface area contributed by atoms with Crippen molar-refractivity contribution in [2.24, 2.45) is 11.7 Å². The fourth-order valence-electron chi connectivity index (χ4n) is 2.32. The molecule has 2 unspecified atom stereocenters. The van der Waals surface area contributed by atoms with Gasteiger partial charge in [-0.2, -0.15) is 0 Å². The summed E-state index contributed by atoms with van der Waals surface area (Å²) in [4.78, 5) is 12.0. The minimum absolute atomic E-state index is 0.00562. The summed E-state index contributed by atoms with van der Waals surface area (Å²) in [5.41, 5.74) is 5.80. The first-order valence-corrected chi connectivity index (χ1v) is 6.28. The summed E-state index contributed by atoms with van der Waals surface area (Å²) in [6.07, 6.45) is -2.56. The van der Waals surface area contributed by atoms with Crippen molar-refractivity contribution in [3.63, 3.8) is 0 Å². The molecular formula is C13H15F3N2O2. The summed E-state index contributed by atoms with van der Waals surface area (Å²) in [5, 5.41) is 2.46. The molecule has 1 saturated carbocycles. The predicted octanol–water partition coefficient (Wildman–Crippen LogP) is 2.65. The molecule has 1 aliphatic carbocycles. The quantitative estimate of drug-likeness (QED) is 0.898. The summed E-state index contributed by atoms with van der Waals surface area (Å²) in [7, 11) is 0. The van der Waals surface area contributed by atoms with Crippen LogP contribution in [-0.4, -0.2) is 18.3 Å². The lowest BCUT2D eigenvalue weighted by Crippen LogP contribution is -2.34. The molecule has 0 aliphatic heterocycles. The smallest absolute Gasteiger partial charge is 0.404 e. The fraction of sp³-hybridized carbons (Fsp3) is 0.462. The molecule has 0 heterocycles. The molecule has 0 bridgehead atoms. The SMILES string of the molecule is NC1CCCC1C(=O)Nc1ccccc1OC(F)(F)F. The molecule has 1 aromatic carbocycles. The Morgan fingerprint density at radius 1 is 1.30 bits per heavy atom. The number of para-hydroxylation sites is 2. The Balaban J connectivity index is 2.11. The number of ether oxygens (including phenoxy) is 1. The molecular weight excluding hydrogens is 273 g/mol. The van der Waals surface area contributed by atoms with E-state index in [9.17, 15) is 18.0 Å². The van der Waals surface area contributed by atoms with Gasteiger partial charge in [0.15, 0.2) is 5.75 Å². The number of anilines is 1. The zero-order valence-corrected chi connectivity index (χ0v) is 10.6. The molecule has 4 nitrogen and oxygen atoms in total. The molecule has 1 amide bonds. The number of hydrogen-bond acceptors (Lipinski definition) is 3. The molecule has 0 aromatic heterocycles. The number of rotatable bonds is 3. The first-order valence-electron chi connectivity index (χ1n) is 6.28. The van der Waals surface area contributed by atoms with E-state index in [2.05, 4.69) is 10.1 Å². The number of carbonyl (C=O) groups excluding carboxylic acids is 1. The Kier molecular flexibility index (Phi) is 4.17. The monoisotopic (exact) mass is 288 g/mol. The maximum Gasteiger partial charge on any atom is 0.573 e. The van der Waals surface area contributed by atoms with Crippen LogP contribution in [0.5, 0.6) is 5.75 Å². The third-order valence-corrected chi connectivity index (χ3v) is 3.28. The Labute approximate surface area is 114 Å². The van der Waals surface area contributed by atoms with Crippen LogP contribution in [-0.2, 0) is 4.79 Å². The molecule has 1 aromatic rings. The topological polar surface area (TPSA) is 64.4 Å². The van der Waals surface area contributed by atoms with E-state index in [0.717, 1.165) is 18.9 Å². The molecule has 3 N–H and O–H groups in total. The third kappa shape index (κ3) is 3.63. The standard InChI is InChI=1S/C13H15F3N2O2/c14-13(15,16)20-11-7-2-1-6-10(11)18-12(19)8-4-3-5-9(8)17/h1-2,6-9H,3-5,17H2,(H,18,19). The Morgan fingerprint density at radius 3 is 2.60 bits per heavy atom. The van der Waals surface area contributed by atoms with Gasteiger partial charge in [0, 0.05) is 6.04 Å². The van der Waals surface area contributed by atoms with Crippen molar-refractivity contribution >= 4 is 11.6 Å². The molecule has 2 atom stereocenters. The molecule has 1 fully saturated rings. The predicted molar refractivity (Wildman–Crippen MR) is 67.1 cm³/mol. The number of amides is 1. The highest BCUT2D eigenvalue weighted by Gasteiger charge is 2.33. The number of halogens is 3. The van der Waals surface area contributed by atoms with E-state index < -0.39 is 12.1 Å².